The number of rotatable bonds is 5. The summed E-state index contributed by atoms with van der Waals surface area (Å²) in [7, 11) is 0. The number of hydrogen-bond donors (Lipinski definition) is 1. The number of nitrogens with zero attached hydrogens (tertiary/aromatic N) is 2. The first-order valence-electron chi connectivity index (χ1n) is 12.0. The van der Waals surface area contributed by atoms with Crippen LogP contribution in [0.4, 0.5) is 5.69 Å². The number of aromatic nitrogens is 1. The third kappa shape index (κ3) is 4.49. The largest absolute Gasteiger partial charge is 0.483 e. The molecule has 0 saturated carbocycles. The number of carbonyl (C=O) groups excluding carboxylic acids is 3. The van der Waals surface area contributed by atoms with Gasteiger partial charge in [0.15, 0.2) is 6.61 Å². The SMILES string of the molecule is O=C(COc1ccc(Br)cc1[C@@H]1c2sc(=O)[nH]c2S[C@H]2C(=O)N(c3ccccc3)C(=O)[C@@H]12)N1CCOCC1. The van der Waals surface area contributed by atoms with Gasteiger partial charge in [-0.2, -0.15) is 0 Å². The summed E-state index contributed by atoms with van der Waals surface area (Å²) in [6.07, 6.45) is 0. The Bertz CT molecular complexity index is 1470. The van der Waals surface area contributed by atoms with Crippen LogP contribution in [0.15, 0.2) is 62.8 Å². The molecule has 3 aliphatic heterocycles. The number of para-hydroxylation sites is 1. The molecule has 6 rings (SSSR count). The lowest BCUT2D eigenvalue weighted by atomic mass is 9.82. The maximum Gasteiger partial charge on any atom is 0.305 e. The maximum absolute atomic E-state index is 13.9. The minimum atomic E-state index is -0.752. The Balaban J connectivity index is 1.39. The Morgan fingerprint density at radius 1 is 1.08 bits per heavy atom. The summed E-state index contributed by atoms with van der Waals surface area (Å²) in [5, 5.41) is -0.134. The van der Waals surface area contributed by atoms with Crippen molar-refractivity contribution in [1.82, 2.24) is 9.88 Å². The van der Waals surface area contributed by atoms with E-state index < -0.39 is 17.1 Å². The highest BCUT2D eigenvalue weighted by Gasteiger charge is 2.56. The number of carbonyl (C=O) groups is 3. The summed E-state index contributed by atoms with van der Waals surface area (Å²) in [5.74, 6) is -1.75. The zero-order chi connectivity index (χ0) is 26.4. The monoisotopic (exact) mass is 615 g/mol. The maximum atomic E-state index is 13.9. The summed E-state index contributed by atoms with van der Waals surface area (Å²) < 4.78 is 12.1. The Hall–Kier alpha value is -2.93. The smallest absolute Gasteiger partial charge is 0.305 e. The van der Waals surface area contributed by atoms with Crippen molar-refractivity contribution in [2.75, 3.05) is 37.8 Å². The molecule has 2 aromatic carbocycles. The van der Waals surface area contributed by atoms with Gasteiger partial charge in [-0.3, -0.25) is 19.2 Å². The van der Waals surface area contributed by atoms with Gasteiger partial charge in [0.1, 0.15) is 11.0 Å². The third-order valence-corrected chi connectivity index (χ3v) is 9.75. The van der Waals surface area contributed by atoms with Gasteiger partial charge in [0, 0.05) is 33.9 Å². The zero-order valence-corrected chi connectivity index (χ0v) is 23.1. The number of thiazole rings is 1. The van der Waals surface area contributed by atoms with Crippen molar-refractivity contribution < 1.29 is 23.9 Å². The number of imide groups is 1. The van der Waals surface area contributed by atoms with Crippen molar-refractivity contribution in [3.63, 3.8) is 0 Å². The molecule has 3 amide bonds. The molecule has 0 spiro atoms. The standard InChI is InChI=1S/C26H22BrN3O6S2/c27-14-6-7-17(36-13-18(31)29-8-10-35-11-9-29)16(12-14)19-20-22(37-23-21(19)38-26(34)28-23)25(33)30(24(20)32)15-4-2-1-3-5-15/h1-7,12,19-20,22H,8-11,13H2,(H,28,34)/t19-,20-,22+/m0/s1. The van der Waals surface area contributed by atoms with Crippen LogP contribution in [0.25, 0.3) is 0 Å². The number of fused-ring (bicyclic) bond motifs is 2. The van der Waals surface area contributed by atoms with Gasteiger partial charge in [-0.15, -0.1) is 0 Å². The molecule has 0 aliphatic carbocycles. The Kier molecular flexibility index (Phi) is 6.89. The van der Waals surface area contributed by atoms with Gasteiger partial charge < -0.3 is 19.4 Å². The van der Waals surface area contributed by atoms with E-state index in [0.29, 0.717) is 53.2 Å². The number of morpholine rings is 1. The zero-order valence-electron chi connectivity index (χ0n) is 19.9. The number of nitrogens with one attached hydrogen (secondary N) is 1. The molecule has 9 nitrogen and oxygen atoms in total. The lowest BCUT2D eigenvalue weighted by Crippen LogP contribution is -2.43. The predicted molar refractivity (Wildman–Crippen MR) is 146 cm³/mol. The molecule has 196 valence electrons. The first kappa shape index (κ1) is 25.4. The molecule has 2 fully saturated rings. The normalized spacial score (nSPS) is 22.8. The summed E-state index contributed by atoms with van der Waals surface area (Å²) in [6.45, 7) is 1.81. The van der Waals surface area contributed by atoms with E-state index in [4.69, 9.17) is 9.47 Å². The predicted octanol–water partition coefficient (Wildman–Crippen LogP) is 3.23. The molecular formula is C26H22BrN3O6S2. The Morgan fingerprint density at radius 2 is 1.84 bits per heavy atom. The lowest BCUT2D eigenvalue weighted by Gasteiger charge is -2.31. The number of benzene rings is 2. The molecule has 3 aliphatic rings. The first-order valence-corrected chi connectivity index (χ1v) is 14.5. The van der Waals surface area contributed by atoms with Crippen LogP contribution < -0.4 is 14.5 Å². The van der Waals surface area contributed by atoms with Crippen molar-refractivity contribution >= 4 is 62.4 Å². The van der Waals surface area contributed by atoms with Crippen molar-refractivity contribution in [3.05, 3.63) is 73.1 Å². The molecule has 12 heteroatoms. The summed E-state index contributed by atoms with van der Waals surface area (Å²) in [5.41, 5.74) is 1.15. The second-order valence-corrected chi connectivity index (χ2v) is 12.1. The van der Waals surface area contributed by atoms with Crippen LogP contribution in [-0.4, -0.2) is 65.8 Å². The Labute approximate surface area is 234 Å². The molecule has 1 N–H and O–H groups in total. The highest BCUT2D eigenvalue weighted by molar-refractivity contribution is 9.10. The number of amides is 3. The fourth-order valence-electron chi connectivity index (χ4n) is 5.12. The van der Waals surface area contributed by atoms with Crippen LogP contribution in [0.2, 0.25) is 0 Å². The number of H-pyrrole nitrogens is 1. The van der Waals surface area contributed by atoms with Gasteiger partial charge in [-0.1, -0.05) is 57.2 Å². The first-order chi connectivity index (χ1) is 18.4. The quantitative estimate of drug-likeness (QED) is 0.439. The van der Waals surface area contributed by atoms with Gasteiger partial charge in [0.05, 0.1) is 29.8 Å². The van der Waals surface area contributed by atoms with Crippen LogP contribution in [-0.2, 0) is 19.1 Å². The third-order valence-electron chi connectivity index (χ3n) is 6.86. The molecule has 3 aromatic rings. The molecule has 0 unspecified atom stereocenters. The summed E-state index contributed by atoms with van der Waals surface area (Å²) >= 11 is 5.77. The molecular weight excluding hydrogens is 594 g/mol. The fraction of sp³-hybridized carbons (Fsp3) is 0.308. The van der Waals surface area contributed by atoms with E-state index in [9.17, 15) is 19.2 Å². The van der Waals surface area contributed by atoms with E-state index in [1.807, 2.05) is 12.1 Å². The number of anilines is 1. The molecule has 3 atom stereocenters. The van der Waals surface area contributed by atoms with E-state index in [0.717, 1.165) is 15.8 Å². The highest BCUT2D eigenvalue weighted by Crippen LogP contribution is 2.54. The number of halogens is 1. The number of aromatic amines is 1. The fourth-order valence-corrected chi connectivity index (χ4v) is 8.01. The van der Waals surface area contributed by atoms with E-state index in [-0.39, 0.29) is 29.2 Å². The topological polar surface area (TPSA) is 109 Å². The van der Waals surface area contributed by atoms with E-state index in [1.165, 1.54) is 16.7 Å². The van der Waals surface area contributed by atoms with Crippen LogP contribution >= 0.6 is 39.0 Å². The molecule has 38 heavy (non-hydrogen) atoms. The van der Waals surface area contributed by atoms with E-state index >= 15 is 0 Å². The minimum Gasteiger partial charge on any atom is -0.483 e. The summed E-state index contributed by atoms with van der Waals surface area (Å²) in [4.78, 5) is 58.9. The van der Waals surface area contributed by atoms with Crippen LogP contribution in [0, 0.1) is 5.92 Å². The molecule has 1 aromatic heterocycles. The average Bonchev–Trinajstić information content (AvgIpc) is 3.42. The van der Waals surface area contributed by atoms with Gasteiger partial charge in [-0.25, -0.2) is 4.90 Å². The van der Waals surface area contributed by atoms with E-state index in [1.54, 1.807) is 41.3 Å². The van der Waals surface area contributed by atoms with Crippen LogP contribution in [0.3, 0.4) is 0 Å². The minimum absolute atomic E-state index is 0.159. The number of thioether (sulfide) groups is 1. The van der Waals surface area contributed by atoms with Gasteiger partial charge in [0.25, 0.3) is 5.91 Å². The van der Waals surface area contributed by atoms with Crippen molar-refractivity contribution in [3.8, 4) is 5.75 Å². The highest BCUT2D eigenvalue weighted by atomic mass is 79.9. The van der Waals surface area contributed by atoms with E-state index in [2.05, 4.69) is 20.9 Å². The lowest BCUT2D eigenvalue weighted by molar-refractivity contribution is -0.137. The van der Waals surface area contributed by atoms with Gasteiger partial charge >= 0.3 is 4.87 Å². The van der Waals surface area contributed by atoms with Gasteiger partial charge in [-0.05, 0) is 30.3 Å². The number of ether oxygens (including phenoxy) is 2. The van der Waals surface area contributed by atoms with Gasteiger partial charge in [0.2, 0.25) is 11.8 Å². The number of hydrogen-bond acceptors (Lipinski definition) is 8. The molecule has 2 saturated heterocycles. The second-order valence-electron chi connectivity index (χ2n) is 9.06. The van der Waals surface area contributed by atoms with Crippen molar-refractivity contribution in [1.29, 1.82) is 0 Å². The Morgan fingerprint density at radius 3 is 2.61 bits per heavy atom. The molecule has 0 bridgehead atoms. The van der Waals surface area contributed by atoms with Crippen LogP contribution in [0.5, 0.6) is 5.75 Å². The van der Waals surface area contributed by atoms with Crippen molar-refractivity contribution in [2.24, 2.45) is 5.92 Å². The molecule has 0 radical (unpaired) electrons. The summed E-state index contributed by atoms with van der Waals surface area (Å²) in [6, 6.07) is 14.2. The van der Waals surface area contributed by atoms with Crippen LogP contribution in [0.1, 0.15) is 16.4 Å². The average molecular weight is 617 g/mol. The van der Waals surface area contributed by atoms with Crippen molar-refractivity contribution in [2.45, 2.75) is 16.2 Å². The molecule has 4 heterocycles. The second kappa shape index (κ2) is 10.3.